The maximum atomic E-state index is 9.95. The molecule has 98 valence electrons. The molecule has 0 saturated carbocycles. The third-order valence-electron chi connectivity index (χ3n) is 3.45. The van der Waals surface area contributed by atoms with E-state index in [1.165, 1.54) is 44.9 Å². The first-order valence-electron chi connectivity index (χ1n) is 7.26. The molecular formula is C15H32O. The predicted molar refractivity (Wildman–Crippen MR) is 72.6 cm³/mol. The second kappa shape index (κ2) is 10.1. The SMILES string of the molecule is CCCCC(C)C(O)CCCCCC(C)C. The van der Waals surface area contributed by atoms with Gasteiger partial charge in [0.25, 0.3) is 0 Å². The van der Waals surface area contributed by atoms with E-state index in [0.29, 0.717) is 5.92 Å². The van der Waals surface area contributed by atoms with Crippen molar-refractivity contribution in [1.29, 1.82) is 0 Å². The van der Waals surface area contributed by atoms with E-state index < -0.39 is 0 Å². The fourth-order valence-electron chi connectivity index (χ4n) is 2.09. The normalized spacial score (nSPS) is 15.4. The first-order valence-corrected chi connectivity index (χ1v) is 7.26. The lowest BCUT2D eigenvalue weighted by Gasteiger charge is -2.18. The molecule has 0 heterocycles. The average Bonchev–Trinajstić information content (AvgIpc) is 2.24. The average molecular weight is 228 g/mol. The van der Waals surface area contributed by atoms with Gasteiger partial charge in [-0.15, -0.1) is 0 Å². The lowest BCUT2D eigenvalue weighted by atomic mass is 9.93. The molecule has 0 spiro atoms. The van der Waals surface area contributed by atoms with Crippen LogP contribution in [0.15, 0.2) is 0 Å². The Morgan fingerprint density at radius 3 is 2.00 bits per heavy atom. The molecule has 1 heteroatoms. The van der Waals surface area contributed by atoms with Crippen molar-refractivity contribution in [2.24, 2.45) is 11.8 Å². The largest absolute Gasteiger partial charge is 0.393 e. The molecule has 0 aliphatic heterocycles. The third-order valence-corrected chi connectivity index (χ3v) is 3.45. The van der Waals surface area contributed by atoms with Gasteiger partial charge in [-0.05, 0) is 24.7 Å². The summed E-state index contributed by atoms with van der Waals surface area (Å²) < 4.78 is 0. The number of aliphatic hydroxyl groups is 1. The fourth-order valence-corrected chi connectivity index (χ4v) is 2.09. The van der Waals surface area contributed by atoms with Crippen LogP contribution in [0.4, 0.5) is 0 Å². The molecule has 0 aromatic carbocycles. The van der Waals surface area contributed by atoms with Crippen LogP contribution in [0, 0.1) is 11.8 Å². The predicted octanol–water partition coefficient (Wildman–Crippen LogP) is 4.78. The molecule has 1 nitrogen and oxygen atoms in total. The molecular weight excluding hydrogens is 196 g/mol. The molecule has 0 aromatic heterocycles. The van der Waals surface area contributed by atoms with Gasteiger partial charge in [0.1, 0.15) is 0 Å². The zero-order valence-electron chi connectivity index (χ0n) is 11.8. The Morgan fingerprint density at radius 2 is 1.44 bits per heavy atom. The smallest absolute Gasteiger partial charge is 0.0565 e. The Morgan fingerprint density at radius 1 is 0.812 bits per heavy atom. The highest BCUT2D eigenvalue weighted by Crippen LogP contribution is 2.18. The molecule has 0 fully saturated rings. The van der Waals surface area contributed by atoms with Crippen LogP contribution in [0.3, 0.4) is 0 Å². The minimum absolute atomic E-state index is 0.0643. The molecule has 0 aromatic rings. The van der Waals surface area contributed by atoms with E-state index in [2.05, 4.69) is 27.7 Å². The number of aliphatic hydroxyl groups excluding tert-OH is 1. The summed E-state index contributed by atoms with van der Waals surface area (Å²) in [5, 5.41) is 9.95. The van der Waals surface area contributed by atoms with Gasteiger partial charge in [-0.2, -0.15) is 0 Å². The Bertz CT molecular complexity index is 142. The molecule has 0 saturated heterocycles. The minimum atomic E-state index is -0.0643. The number of hydrogen-bond donors (Lipinski definition) is 1. The zero-order chi connectivity index (χ0) is 12.4. The second-order valence-electron chi connectivity index (χ2n) is 5.72. The second-order valence-corrected chi connectivity index (χ2v) is 5.72. The van der Waals surface area contributed by atoms with Crippen LogP contribution in [0.1, 0.15) is 79.1 Å². The lowest BCUT2D eigenvalue weighted by molar-refractivity contribution is 0.0987. The molecule has 0 aliphatic carbocycles. The quantitative estimate of drug-likeness (QED) is 0.533. The Kier molecular flexibility index (Phi) is 10.1. The molecule has 0 bridgehead atoms. The Balaban J connectivity index is 3.38. The van der Waals surface area contributed by atoms with Crippen molar-refractivity contribution in [2.75, 3.05) is 0 Å². The summed E-state index contributed by atoms with van der Waals surface area (Å²) in [6.45, 7) is 8.96. The summed E-state index contributed by atoms with van der Waals surface area (Å²) >= 11 is 0. The van der Waals surface area contributed by atoms with Gasteiger partial charge in [-0.25, -0.2) is 0 Å². The van der Waals surface area contributed by atoms with E-state index in [0.717, 1.165) is 12.3 Å². The van der Waals surface area contributed by atoms with Gasteiger partial charge in [-0.1, -0.05) is 66.2 Å². The van der Waals surface area contributed by atoms with Gasteiger partial charge in [0, 0.05) is 0 Å². The van der Waals surface area contributed by atoms with Gasteiger partial charge >= 0.3 is 0 Å². The molecule has 16 heavy (non-hydrogen) atoms. The molecule has 0 aliphatic rings. The monoisotopic (exact) mass is 228 g/mol. The van der Waals surface area contributed by atoms with Crippen molar-refractivity contribution >= 4 is 0 Å². The highest BCUT2D eigenvalue weighted by molar-refractivity contribution is 4.64. The third kappa shape index (κ3) is 9.21. The topological polar surface area (TPSA) is 20.2 Å². The standard InChI is InChI=1S/C15H32O/c1-5-6-11-14(4)15(16)12-9-7-8-10-13(2)3/h13-16H,5-12H2,1-4H3. The van der Waals surface area contributed by atoms with Crippen molar-refractivity contribution in [3.05, 3.63) is 0 Å². The van der Waals surface area contributed by atoms with Crippen molar-refractivity contribution in [3.8, 4) is 0 Å². The number of rotatable bonds is 10. The van der Waals surface area contributed by atoms with E-state index in [1.54, 1.807) is 0 Å². The Labute approximate surface area is 103 Å². The van der Waals surface area contributed by atoms with Crippen molar-refractivity contribution in [3.63, 3.8) is 0 Å². The summed E-state index contributed by atoms with van der Waals surface area (Å²) in [6.07, 6.45) is 9.77. The number of unbranched alkanes of at least 4 members (excludes halogenated alkanes) is 3. The summed E-state index contributed by atoms with van der Waals surface area (Å²) in [4.78, 5) is 0. The van der Waals surface area contributed by atoms with Crippen LogP contribution in [-0.4, -0.2) is 11.2 Å². The van der Waals surface area contributed by atoms with E-state index in [9.17, 15) is 5.11 Å². The molecule has 0 rings (SSSR count). The van der Waals surface area contributed by atoms with Crippen LogP contribution in [0.2, 0.25) is 0 Å². The first kappa shape index (κ1) is 16.0. The van der Waals surface area contributed by atoms with Crippen LogP contribution in [0.5, 0.6) is 0 Å². The molecule has 1 N–H and O–H groups in total. The maximum absolute atomic E-state index is 9.95. The van der Waals surface area contributed by atoms with Crippen molar-refractivity contribution in [1.82, 2.24) is 0 Å². The van der Waals surface area contributed by atoms with Crippen molar-refractivity contribution < 1.29 is 5.11 Å². The van der Waals surface area contributed by atoms with E-state index in [1.807, 2.05) is 0 Å². The van der Waals surface area contributed by atoms with Gasteiger partial charge < -0.3 is 5.11 Å². The zero-order valence-corrected chi connectivity index (χ0v) is 11.8. The highest BCUT2D eigenvalue weighted by Gasteiger charge is 2.12. The first-order chi connectivity index (χ1) is 7.57. The van der Waals surface area contributed by atoms with Gasteiger partial charge in [-0.3, -0.25) is 0 Å². The Hall–Kier alpha value is -0.0400. The van der Waals surface area contributed by atoms with E-state index in [-0.39, 0.29) is 6.10 Å². The minimum Gasteiger partial charge on any atom is -0.393 e. The summed E-state index contributed by atoms with van der Waals surface area (Å²) in [5.41, 5.74) is 0. The van der Waals surface area contributed by atoms with Crippen LogP contribution >= 0.6 is 0 Å². The van der Waals surface area contributed by atoms with Crippen LogP contribution in [0.25, 0.3) is 0 Å². The molecule has 0 amide bonds. The van der Waals surface area contributed by atoms with Gasteiger partial charge in [0.15, 0.2) is 0 Å². The van der Waals surface area contributed by atoms with E-state index >= 15 is 0 Å². The lowest BCUT2D eigenvalue weighted by Crippen LogP contribution is -2.17. The van der Waals surface area contributed by atoms with E-state index in [4.69, 9.17) is 0 Å². The maximum Gasteiger partial charge on any atom is 0.0565 e. The molecule has 0 radical (unpaired) electrons. The highest BCUT2D eigenvalue weighted by atomic mass is 16.3. The summed E-state index contributed by atoms with van der Waals surface area (Å²) in [5.74, 6) is 1.32. The summed E-state index contributed by atoms with van der Waals surface area (Å²) in [7, 11) is 0. The molecule has 2 atom stereocenters. The van der Waals surface area contributed by atoms with Gasteiger partial charge in [0.05, 0.1) is 6.10 Å². The summed E-state index contributed by atoms with van der Waals surface area (Å²) in [6, 6.07) is 0. The van der Waals surface area contributed by atoms with Gasteiger partial charge in [0.2, 0.25) is 0 Å². The number of hydrogen-bond acceptors (Lipinski definition) is 1. The van der Waals surface area contributed by atoms with Crippen LogP contribution < -0.4 is 0 Å². The molecule has 2 unspecified atom stereocenters. The van der Waals surface area contributed by atoms with Crippen LogP contribution in [-0.2, 0) is 0 Å². The van der Waals surface area contributed by atoms with Crippen molar-refractivity contribution in [2.45, 2.75) is 85.2 Å². The fraction of sp³-hybridized carbons (Fsp3) is 1.00.